The Labute approximate surface area is 154 Å². The lowest BCUT2D eigenvalue weighted by Crippen LogP contribution is -2.28. The van der Waals surface area contributed by atoms with Crippen LogP contribution in [0.25, 0.3) is 11.4 Å². The van der Waals surface area contributed by atoms with E-state index in [-0.39, 0.29) is 19.1 Å². The molecule has 0 bridgehead atoms. The van der Waals surface area contributed by atoms with Crippen LogP contribution in [0.15, 0.2) is 54.6 Å². The molecule has 0 radical (unpaired) electrons. The van der Waals surface area contributed by atoms with Crippen LogP contribution in [0.2, 0.25) is 5.02 Å². The van der Waals surface area contributed by atoms with Crippen molar-refractivity contribution in [3.63, 3.8) is 0 Å². The summed E-state index contributed by atoms with van der Waals surface area (Å²) < 4.78 is 1.95. The molecular formula is C17H15ClN4O2S. The van der Waals surface area contributed by atoms with Crippen LogP contribution in [-0.2, 0) is 22.8 Å². The molecule has 25 heavy (non-hydrogen) atoms. The zero-order chi connectivity index (χ0) is 17.6. The lowest BCUT2D eigenvalue weighted by atomic mass is 10.2. The smallest absolute Gasteiger partial charge is 0.263 e. The van der Waals surface area contributed by atoms with Crippen molar-refractivity contribution < 1.29 is 9.63 Å². The molecular weight excluding hydrogens is 360 g/mol. The first-order valence-corrected chi connectivity index (χ1v) is 8.28. The van der Waals surface area contributed by atoms with Crippen molar-refractivity contribution in [3.05, 3.63) is 70.0 Å². The lowest BCUT2D eigenvalue weighted by Gasteiger charge is -2.08. The number of halogens is 1. The Morgan fingerprint density at radius 3 is 2.64 bits per heavy atom. The monoisotopic (exact) mass is 374 g/mol. The van der Waals surface area contributed by atoms with E-state index in [1.165, 1.54) is 0 Å². The second kappa shape index (κ2) is 8.06. The fourth-order valence-electron chi connectivity index (χ4n) is 2.23. The Bertz CT molecular complexity index is 906. The minimum atomic E-state index is -0.330. The Hall–Kier alpha value is -2.48. The first-order valence-electron chi connectivity index (χ1n) is 7.49. The molecule has 0 fully saturated rings. The Morgan fingerprint density at radius 2 is 1.92 bits per heavy atom. The van der Waals surface area contributed by atoms with Crippen molar-refractivity contribution in [1.29, 1.82) is 0 Å². The number of hydroxylamine groups is 1. The zero-order valence-corrected chi connectivity index (χ0v) is 14.7. The van der Waals surface area contributed by atoms with Crippen molar-refractivity contribution in [2.75, 3.05) is 0 Å². The SMILES string of the molecule is O=C(Cn1c(-c2ccc(Cl)cc2)n[nH]c1=S)NOCc1ccccc1. The minimum absolute atomic E-state index is 0.0118. The third kappa shape index (κ3) is 4.54. The normalized spacial score (nSPS) is 10.6. The fraction of sp³-hybridized carbons (Fsp3) is 0.118. The van der Waals surface area contributed by atoms with Gasteiger partial charge in [0.05, 0.1) is 6.61 Å². The molecule has 128 valence electrons. The van der Waals surface area contributed by atoms with Gasteiger partial charge in [0.2, 0.25) is 0 Å². The predicted octanol–water partition coefficient (Wildman–Crippen LogP) is 3.51. The number of nitrogens with zero attached hydrogens (tertiary/aromatic N) is 2. The quantitative estimate of drug-likeness (QED) is 0.511. The van der Waals surface area contributed by atoms with Crippen LogP contribution in [0.4, 0.5) is 0 Å². The van der Waals surface area contributed by atoms with Crippen LogP contribution in [0.5, 0.6) is 0 Å². The molecule has 3 rings (SSSR count). The van der Waals surface area contributed by atoms with Crippen LogP contribution < -0.4 is 5.48 Å². The summed E-state index contributed by atoms with van der Waals surface area (Å²) in [6, 6.07) is 16.7. The van der Waals surface area contributed by atoms with Crippen LogP contribution in [0.3, 0.4) is 0 Å². The number of hydrogen-bond donors (Lipinski definition) is 2. The summed E-state index contributed by atoms with van der Waals surface area (Å²) in [5, 5.41) is 7.50. The lowest BCUT2D eigenvalue weighted by molar-refractivity contribution is -0.135. The molecule has 0 unspecified atom stereocenters. The summed E-state index contributed by atoms with van der Waals surface area (Å²) in [6.07, 6.45) is 0. The highest BCUT2D eigenvalue weighted by atomic mass is 35.5. The van der Waals surface area contributed by atoms with Gasteiger partial charge in [0, 0.05) is 10.6 Å². The van der Waals surface area contributed by atoms with E-state index in [1.807, 2.05) is 42.5 Å². The molecule has 0 aliphatic heterocycles. The average Bonchev–Trinajstić information content (AvgIpc) is 2.97. The molecule has 0 aliphatic carbocycles. The number of H-pyrrole nitrogens is 1. The number of hydrogen-bond acceptors (Lipinski definition) is 4. The topological polar surface area (TPSA) is 71.9 Å². The van der Waals surface area contributed by atoms with Crippen molar-refractivity contribution in [2.24, 2.45) is 0 Å². The van der Waals surface area contributed by atoms with E-state index in [0.29, 0.717) is 15.6 Å². The highest BCUT2D eigenvalue weighted by Gasteiger charge is 2.12. The van der Waals surface area contributed by atoms with E-state index in [2.05, 4.69) is 15.7 Å². The van der Waals surface area contributed by atoms with E-state index in [9.17, 15) is 4.79 Å². The maximum Gasteiger partial charge on any atom is 0.263 e. The first kappa shape index (κ1) is 17.3. The molecule has 2 N–H and O–H groups in total. The van der Waals surface area contributed by atoms with Gasteiger partial charge in [0.1, 0.15) is 6.54 Å². The van der Waals surface area contributed by atoms with E-state index >= 15 is 0 Å². The minimum Gasteiger partial charge on any atom is -0.291 e. The van der Waals surface area contributed by atoms with E-state index < -0.39 is 0 Å². The third-order valence-corrected chi connectivity index (χ3v) is 3.99. The molecule has 8 heteroatoms. The molecule has 1 heterocycles. The molecule has 1 aromatic heterocycles. The summed E-state index contributed by atoms with van der Waals surface area (Å²) in [4.78, 5) is 17.4. The number of carbonyl (C=O) groups is 1. The molecule has 0 saturated heterocycles. The first-order chi connectivity index (χ1) is 12.1. The number of benzene rings is 2. The molecule has 0 aliphatic rings. The number of nitrogens with one attached hydrogen (secondary N) is 2. The summed E-state index contributed by atoms with van der Waals surface area (Å²) in [5.74, 6) is 0.225. The third-order valence-electron chi connectivity index (χ3n) is 3.43. The van der Waals surface area contributed by atoms with Gasteiger partial charge in [0.25, 0.3) is 5.91 Å². The van der Waals surface area contributed by atoms with E-state index in [0.717, 1.165) is 11.1 Å². The number of aromatic nitrogens is 3. The van der Waals surface area contributed by atoms with Crippen LogP contribution in [0.1, 0.15) is 5.56 Å². The summed E-state index contributed by atoms with van der Waals surface area (Å²) >= 11 is 11.1. The van der Waals surface area contributed by atoms with E-state index in [1.54, 1.807) is 16.7 Å². The summed E-state index contributed by atoms with van der Waals surface area (Å²) in [7, 11) is 0. The van der Waals surface area contributed by atoms with Gasteiger partial charge in [-0.1, -0.05) is 41.9 Å². The maximum atomic E-state index is 12.1. The second-order valence-electron chi connectivity index (χ2n) is 5.24. The summed E-state index contributed by atoms with van der Waals surface area (Å²) in [5.41, 5.74) is 4.18. The number of amides is 1. The van der Waals surface area contributed by atoms with Gasteiger partial charge in [-0.3, -0.25) is 19.3 Å². The number of carbonyl (C=O) groups excluding carboxylic acids is 1. The average molecular weight is 375 g/mol. The number of rotatable bonds is 6. The maximum absolute atomic E-state index is 12.1. The second-order valence-corrected chi connectivity index (χ2v) is 6.07. The fourth-order valence-corrected chi connectivity index (χ4v) is 2.56. The highest BCUT2D eigenvalue weighted by Crippen LogP contribution is 2.19. The molecule has 6 nitrogen and oxygen atoms in total. The Kier molecular flexibility index (Phi) is 5.60. The Morgan fingerprint density at radius 1 is 1.20 bits per heavy atom. The van der Waals surface area contributed by atoms with Crippen molar-refractivity contribution in [3.8, 4) is 11.4 Å². The van der Waals surface area contributed by atoms with Crippen LogP contribution in [0, 0.1) is 4.77 Å². The molecule has 0 spiro atoms. The predicted molar refractivity (Wildman–Crippen MR) is 97.2 cm³/mol. The molecule has 0 saturated carbocycles. The molecule has 1 amide bonds. The molecule has 2 aromatic carbocycles. The van der Waals surface area contributed by atoms with Crippen LogP contribution in [-0.4, -0.2) is 20.7 Å². The van der Waals surface area contributed by atoms with Gasteiger partial charge in [-0.25, -0.2) is 5.48 Å². The highest BCUT2D eigenvalue weighted by molar-refractivity contribution is 7.71. The van der Waals surface area contributed by atoms with Gasteiger partial charge in [-0.2, -0.15) is 5.10 Å². The standard InChI is InChI=1S/C17H15ClN4O2S/c18-14-8-6-13(7-9-14)16-19-20-17(25)22(16)10-15(23)21-24-11-12-4-2-1-3-5-12/h1-9H,10-11H2,(H,20,25)(H,21,23). The van der Waals surface area contributed by atoms with Gasteiger partial charge >= 0.3 is 0 Å². The molecule has 3 aromatic rings. The van der Waals surface area contributed by atoms with Crippen molar-refractivity contribution in [2.45, 2.75) is 13.2 Å². The Balaban J connectivity index is 1.64. The van der Waals surface area contributed by atoms with Gasteiger partial charge in [0.15, 0.2) is 10.6 Å². The van der Waals surface area contributed by atoms with Gasteiger partial charge < -0.3 is 0 Å². The largest absolute Gasteiger partial charge is 0.291 e. The molecule has 0 atom stereocenters. The van der Waals surface area contributed by atoms with Gasteiger partial charge in [-0.05, 0) is 42.0 Å². The van der Waals surface area contributed by atoms with Crippen molar-refractivity contribution >= 4 is 29.7 Å². The van der Waals surface area contributed by atoms with Crippen LogP contribution >= 0.6 is 23.8 Å². The summed E-state index contributed by atoms with van der Waals surface area (Å²) in [6.45, 7) is 0.273. The van der Waals surface area contributed by atoms with Gasteiger partial charge in [-0.15, -0.1) is 0 Å². The van der Waals surface area contributed by atoms with Crippen molar-refractivity contribution in [1.82, 2.24) is 20.2 Å². The van der Waals surface area contributed by atoms with E-state index in [4.69, 9.17) is 28.7 Å². The number of aromatic amines is 1. The zero-order valence-electron chi connectivity index (χ0n) is 13.1.